The highest BCUT2D eigenvalue weighted by molar-refractivity contribution is 7.12. The molecule has 1 amide bonds. The van der Waals surface area contributed by atoms with Gasteiger partial charge in [-0.25, -0.2) is 4.98 Å². The zero-order valence-corrected chi connectivity index (χ0v) is 13.3. The van der Waals surface area contributed by atoms with Gasteiger partial charge in [0.1, 0.15) is 5.82 Å². The van der Waals surface area contributed by atoms with Gasteiger partial charge in [0.2, 0.25) is 0 Å². The first-order valence-electron chi connectivity index (χ1n) is 7.32. The number of hydrogen-bond acceptors (Lipinski definition) is 4. The van der Waals surface area contributed by atoms with Gasteiger partial charge in [0.25, 0.3) is 5.91 Å². The SMILES string of the molecule is Nc1ncccc1C(=O)NCc1ccc(Cc2ccccc2)s1. The Bertz CT molecular complexity index is 799. The third-order valence-electron chi connectivity index (χ3n) is 3.44. The normalized spacial score (nSPS) is 10.4. The van der Waals surface area contributed by atoms with E-state index in [1.165, 1.54) is 10.4 Å². The van der Waals surface area contributed by atoms with E-state index in [2.05, 4.69) is 34.6 Å². The van der Waals surface area contributed by atoms with Crippen molar-refractivity contribution >= 4 is 23.1 Å². The summed E-state index contributed by atoms with van der Waals surface area (Å²) in [6.45, 7) is 0.493. The number of nitrogen functional groups attached to an aromatic ring is 1. The second-order valence-corrected chi connectivity index (χ2v) is 6.40. The Morgan fingerprint density at radius 3 is 2.61 bits per heavy atom. The van der Waals surface area contributed by atoms with E-state index in [9.17, 15) is 4.79 Å². The minimum atomic E-state index is -0.200. The standard InChI is InChI=1S/C18H17N3OS/c19-17-16(7-4-10-20-17)18(22)21-12-15-9-8-14(23-15)11-13-5-2-1-3-6-13/h1-10H,11-12H2,(H2,19,20)(H,21,22). The number of amides is 1. The molecule has 0 bridgehead atoms. The fourth-order valence-corrected chi connectivity index (χ4v) is 3.27. The topological polar surface area (TPSA) is 68.0 Å². The molecule has 2 aromatic heterocycles. The molecule has 5 heteroatoms. The Morgan fingerprint density at radius 1 is 1.04 bits per heavy atom. The molecule has 23 heavy (non-hydrogen) atoms. The summed E-state index contributed by atoms with van der Waals surface area (Å²) in [5, 5.41) is 2.88. The Kier molecular flexibility index (Phi) is 4.68. The molecule has 0 spiro atoms. The van der Waals surface area contributed by atoms with Crippen molar-refractivity contribution in [1.82, 2.24) is 10.3 Å². The van der Waals surface area contributed by atoms with Gasteiger partial charge in [-0.2, -0.15) is 0 Å². The first kappa shape index (κ1) is 15.2. The van der Waals surface area contributed by atoms with Crippen LogP contribution in [0.1, 0.15) is 25.7 Å². The van der Waals surface area contributed by atoms with E-state index in [0.29, 0.717) is 12.1 Å². The van der Waals surface area contributed by atoms with Gasteiger partial charge < -0.3 is 11.1 Å². The minimum absolute atomic E-state index is 0.200. The quantitative estimate of drug-likeness (QED) is 0.757. The maximum atomic E-state index is 12.1. The molecule has 0 aliphatic heterocycles. The van der Waals surface area contributed by atoms with Crippen LogP contribution in [-0.2, 0) is 13.0 Å². The summed E-state index contributed by atoms with van der Waals surface area (Å²) >= 11 is 1.71. The van der Waals surface area contributed by atoms with Crippen molar-refractivity contribution in [2.24, 2.45) is 0 Å². The molecule has 3 N–H and O–H groups in total. The molecule has 2 heterocycles. The van der Waals surface area contributed by atoms with Gasteiger partial charge in [-0.15, -0.1) is 11.3 Å². The lowest BCUT2D eigenvalue weighted by atomic mass is 10.1. The molecule has 1 aromatic carbocycles. The Labute approximate surface area is 139 Å². The third kappa shape index (κ3) is 3.96. The van der Waals surface area contributed by atoms with E-state index >= 15 is 0 Å². The molecule has 116 valence electrons. The Hall–Kier alpha value is -2.66. The molecule has 3 rings (SSSR count). The molecule has 0 aliphatic carbocycles. The number of pyridine rings is 1. The van der Waals surface area contributed by atoms with Crippen LogP contribution in [0.2, 0.25) is 0 Å². The molecule has 0 saturated carbocycles. The first-order valence-corrected chi connectivity index (χ1v) is 8.14. The van der Waals surface area contributed by atoms with Gasteiger partial charge in [-0.1, -0.05) is 30.3 Å². The van der Waals surface area contributed by atoms with Crippen molar-refractivity contribution in [3.05, 3.63) is 81.7 Å². The second-order valence-electron chi connectivity index (χ2n) is 5.15. The van der Waals surface area contributed by atoms with Gasteiger partial charge in [0, 0.05) is 22.4 Å². The zero-order valence-electron chi connectivity index (χ0n) is 12.5. The number of benzene rings is 1. The molecule has 4 nitrogen and oxygen atoms in total. The average molecular weight is 323 g/mol. The highest BCUT2D eigenvalue weighted by atomic mass is 32.1. The van der Waals surface area contributed by atoms with E-state index in [4.69, 9.17) is 5.73 Å². The van der Waals surface area contributed by atoms with Gasteiger partial charge in [0.15, 0.2) is 0 Å². The summed E-state index contributed by atoms with van der Waals surface area (Å²) in [7, 11) is 0. The number of aromatic nitrogens is 1. The maximum absolute atomic E-state index is 12.1. The van der Waals surface area contributed by atoms with Crippen LogP contribution in [0.4, 0.5) is 5.82 Å². The minimum Gasteiger partial charge on any atom is -0.383 e. The van der Waals surface area contributed by atoms with Crippen LogP contribution in [0.5, 0.6) is 0 Å². The van der Waals surface area contributed by atoms with Crippen LogP contribution >= 0.6 is 11.3 Å². The van der Waals surface area contributed by atoms with E-state index in [-0.39, 0.29) is 11.7 Å². The summed E-state index contributed by atoms with van der Waals surface area (Å²) in [5.41, 5.74) is 7.41. The van der Waals surface area contributed by atoms with Crippen molar-refractivity contribution in [1.29, 1.82) is 0 Å². The first-order chi connectivity index (χ1) is 11.2. The zero-order chi connectivity index (χ0) is 16.1. The monoisotopic (exact) mass is 323 g/mol. The predicted octanol–water partition coefficient (Wildman–Crippen LogP) is 3.25. The van der Waals surface area contributed by atoms with Gasteiger partial charge >= 0.3 is 0 Å². The number of nitrogens with zero attached hydrogens (tertiary/aromatic N) is 1. The molecule has 3 aromatic rings. The molecule has 0 radical (unpaired) electrons. The Balaban J connectivity index is 1.59. The van der Waals surface area contributed by atoms with Crippen LogP contribution in [0.25, 0.3) is 0 Å². The lowest BCUT2D eigenvalue weighted by molar-refractivity contribution is 0.0952. The Morgan fingerprint density at radius 2 is 1.83 bits per heavy atom. The molecule has 0 unspecified atom stereocenters. The smallest absolute Gasteiger partial charge is 0.255 e. The summed E-state index contributed by atoms with van der Waals surface area (Å²) in [4.78, 5) is 18.4. The number of anilines is 1. The third-order valence-corrected chi connectivity index (χ3v) is 4.53. The highest BCUT2D eigenvalue weighted by Gasteiger charge is 2.10. The van der Waals surface area contributed by atoms with Crippen molar-refractivity contribution in [2.75, 3.05) is 5.73 Å². The number of carbonyl (C=O) groups is 1. The highest BCUT2D eigenvalue weighted by Crippen LogP contribution is 2.20. The van der Waals surface area contributed by atoms with Crippen molar-refractivity contribution in [3.8, 4) is 0 Å². The van der Waals surface area contributed by atoms with Crippen LogP contribution < -0.4 is 11.1 Å². The number of thiophene rings is 1. The lowest BCUT2D eigenvalue weighted by Gasteiger charge is -2.05. The molecular weight excluding hydrogens is 306 g/mol. The molecular formula is C18H17N3OS. The van der Waals surface area contributed by atoms with Gasteiger partial charge in [-0.05, 0) is 29.8 Å². The van der Waals surface area contributed by atoms with E-state index in [1.54, 1.807) is 29.7 Å². The average Bonchev–Trinajstić information content (AvgIpc) is 3.01. The van der Waals surface area contributed by atoms with E-state index < -0.39 is 0 Å². The summed E-state index contributed by atoms with van der Waals surface area (Å²) in [6, 6.07) is 17.9. The van der Waals surface area contributed by atoms with E-state index in [0.717, 1.165) is 11.3 Å². The number of rotatable bonds is 5. The van der Waals surface area contributed by atoms with Crippen LogP contribution in [-0.4, -0.2) is 10.9 Å². The maximum Gasteiger partial charge on any atom is 0.255 e. The number of nitrogens with one attached hydrogen (secondary N) is 1. The lowest BCUT2D eigenvalue weighted by Crippen LogP contribution is -2.23. The van der Waals surface area contributed by atoms with Gasteiger partial charge in [0.05, 0.1) is 12.1 Å². The summed E-state index contributed by atoms with van der Waals surface area (Å²) < 4.78 is 0. The van der Waals surface area contributed by atoms with Crippen molar-refractivity contribution in [2.45, 2.75) is 13.0 Å². The predicted molar refractivity (Wildman–Crippen MR) is 93.4 cm³/mol. The second kappa shape index (κ2) is 7.07. The van der Waals surface area contributed by atoms with Crippen LogP contribution in [0.3, 0.4) is 0 Å². The number of nitrogens with two attached hydrogens (primary N) is 1. The van der Waals surface area contributed by atoms with Crippen LogP contribution in [0, 0.1) is 0 Å². The summed E-state index contributed by atoms with van der Waals surface area (Å²) in [6.07, 6.45) is 2.48. The molecule has 0 atom stereocenters. The number of hydrogen-bond donors (Lipinski definition) is 2. The van der Waals surface area contributed by atoms with Gasteiger partial charge in [-0.3, -0.25) is 4.79 Å². The fourth-order valence-electron chi connectivity index (χ4n) is 2.28. The van der Waals surface area contributed by atoms with E-state index in [1.807, 2.05) is 18.2 Å². The fraction of sp³-hybridized carbons (Fsp3) is 0.111. The van der Waals surface area contributed by atoms with Crippen LogP contribution in [0.15, 0.2) is 60.8 Å². The number of carbonyl (C=O) groups excluding carboxylic acids is 1. The van der Waals surface area contributed by atoms with Crippen molar-refractivity contribution < 1.29 is 4.79 Å². The molecule has 0 saturated heterocycles. The molecule has 0 aliphatic rings. The summed E-state index contributed by atoms with van der Waals surface area (Å²) in [5.74, 6) is 0.0505. The van der Waals surface area contributed by atoms with Crippen molar-refractivity contribution in [3.63, 3.8) is 0 Å². The molecule has 0 fully saturated rings. The largest absolute Gasteiger partial charge is 0.383 e.